The SMILES string of the molecule is CCN(Cc1cc(N)cc(Cl)c1)Cc1cccs1. The molecule has 1 heterocycles. The van der Waals surface area contributed by atoms with Gasteiger partial charge in [0.15, 0.2) is 0 Å². The Labute approximate surface area is 117 Å². The molecule has 2 nitrogen and oxygen atoms in total. The lowest BCUT2D eigenvalue weighted by Crippen LogP contribution is -2.21. The first-order valence-corrected chi connectivity index (χ1v) is 7.23. The van der Waals surface area contributed by atoms with Crippen LogP contribution in [0.25, 0.3) is 0 Å². The monoisotopic (exact) mass is 280 g/mol. The van der Waals surface area contributed by atoms with Crippen molar-refractivity contribution in [3.63, 3.8) is 0 Å². The third kappa shape index (κ3) is 3.73. The number of hydrogen-bond donors (Lipinski definition) is 1. The third-order valence-electron chi connectivity index (χ3n) is 2.79. The molecule has 0 aliphatic rings. The predicted octanol–water partition coefficient (Wildman–Crippen LogP) is 4.01. The highest BCUT2D eigenvalue weighted by Crippen LogP contribution is 2.19. The van der Waals surface area contributed by atoms with Gasteiger partial charge in [-0.3, -0.25) is 4.90 Å². The van der Waals surface area contributed by atoms with E-state index in [1.165, 1.54) is 10.4 Å². The number of nitrogen functional groups attached to an aromatic ring is 1. The van der Waals surface area contributed by atoms with Gasteiger partial charge in [-0.1, -0.05) is 24.6 Å². The minimum Gasteiger partial charge on any atom is -0.399 e. The molecule has 0 fully saturated rings. The number of nitrogens with zero attached hydrogens (tertiary/aromatic N) is 1. The molecule has 0 atom stereocenters. The van der Waals surface area contributed by atoms with Crippen LogP contribution < -0.4 is 5.73 Å². The van der Waals surface area contributed by atoms with E-state index in [0.29, 0.717) is 5.02 Å². The predicted molar refractivity (Wildman–Crippen MR) is 80.0 cm³/mol. The zero-order chi connectivity index (χ0) is 13.0. The molecule has 2 aromatic rings. The smallest absolute Gasteiger partial charge is 0.0429 e. The van der Waals surface area contributed by atoms with E-state index in [2.05, 4.69) is 29.3 Å². The van der Waals surface area contributed by atoms with Gasteiger partial charge in [-0.15, -0.1) is 11.3 Å². The maximum atomic E-state index is 6.02. The minimum atomic E-state index is 0.706. The van der Waals surface area contributed by atoms with Gasteiger partial charge in [-0.2, -0.15) is 0 Å². The maximum Gasteiger partial charge on any atom is 0.0429 e. The van der Waals surface area contributed by atoms with Crippen LogP contribution in [-0.2, 0) is 13.1 Å². The molecule has 0 unspecified atom stereocenters. The number of hydrogen-bond acceptors (Lipinski definition) is 3. The quantitative estimate of drug-likeness (QED) is 0.839. The van der Waals surface area contributed by atoms with E-state index in [9.17, 15) is 0 Å². The lowest BCUT2D eigenvalue weighted by atomic mass is 10.2. The average molecular weight is 281 g/mol. The second kappa shape index (κ2) is 6.23. The van der Waals surface area contributed by atoms with Crippen molar-refractivity contribution in [1.82, 2.24) is 4.90 Å². The van der Waals surface area contributed by atoms with Crippen molar-refractivity contribution in [2.45, 2.75) is 20.0 Å². The summed E-state index contributed by atoms with van der Waals surface area (Å²) < 4.78 is 0. The normalized spacial score (nSPS) is 11.1. The molecule has 0 radical (unpaired) electrons. The van der Waals surface area contributed by atoms with E-state index < -0.39 is 0 Å². The van der Waals surface area contributed by atoms with Crippen LogP contribution >= 0.6 is 22.9 Å². The number of thiophene rings is 1. The Balaban J connectivity index is 2.05. The minimum absolute atomic E-state index is 0.706. The third-order valence-corrected chi connectivity index (χ3v) is 3.87. The van der Waals surface area contributed by atoms with Crippen molar-refractivity contribution < 1.29 is 0 Å². The van der Waals surface area contributed by atoms with E-state index >= 15 is 0 Å². The molecule has 1 aromatic heterocycles. The Bertz CT molecular complexity index is 476. The molecule has 0 saturated carbocycles. The Kier molecular flexibility index (Phi) is 4.64. The fourth-order valence-corrected chi connectivity index (χ4v) is 2.94. The van der Waals surface area contributed by atoms with Gasteiger partial charge in [0, 0.05) is 28.7 Å². The molecular formula is C14H17ClN2S. The first kappa shape index (κ1) is 13.4. The van der Waals surface area contributed by atoms with E-state index in [1.807, 2.05) is 12.1 Å². The van der Waals surface area contributed by atoms with Crippen LogP contribution in [0.3, 0.4) is 0 Å². The van der Waals surface area contributed by atoms with E-state index in [4.69, 9.17) is 17.3 Å². The molecule has 2 rings (SSSR count). The van der Waals surface area contributed by atoms with Gasteiger partial charge >= 0.3 is 0 Å². The van der Waals surface area contributed by atoms with E-state index in [0.717, 1.165) is 25.3 Å². The average Bonchev–Trinajstić information content (AvgIpc) is 2.79. The molecule has 1 aromatic carbocycles. The standard InChI is InChI=1S/C14H17ClN2S/c1-2-17(10-14-4-3-5-18-14)9-11-6-12(15)8-13(16)7-11/h3-8H,2,9-10,16H2,1H3. The molecule has 0 amide bonds. The fraction of sp³-hybridized carbons (Fsp3) is 0.286. The first-order valence-electron chi connectivity index (χ1n) is 5.97. The second-order valence-corrected chi connectivity index (χ2v) is 5.74. The summed E-state index contributed by atoms with van der Waals surface area (Å²) in [6.07, 6.45) is 0. The summed E-state index contributed by atoms with van der Waals surface area (Å²) in [5, 5.41) is 2.82. The summed E-state index contributed by atoms with van der Waals surface area (Å²) in [4.78, 5) is 3.75. The summed E-state index contributed by atoms with van der Waals surface area (Å²) in [7, 11) is 0. The van der Waals surface area contributed by atoms with Gasteiger partial charge in [-0.05, 0) is 41.8 Å². The molecule has 0 spiro atoms. The van der Waals surface area contributed by atoms with Crippen molar-refractivity contribution in [3.05, 3.63) is 51.2 Å². The van der Waals surface area contributed by atoms with Gasteiger partial charge in [-0.25, -0.2) is 0 Å². The van der Waals surface area contributed by atoms with Crippen molar-refractivity contribution in [3.8, 4) is 0 Å². The number of nitrogens with two attached hydrogens (primary N) is 1. The molecule has 0 bridgehead atoms. The van der Waals surface area contributed by atoms with E-state index in [1.54, 1.807) is 17.4 Å². The van der Waals surface area contributed by atoms with Crippen LogP contribution in [0.15, 0.2) is 35.7 Å². The summed E-state index contributed by atoms with van der Waals surface area (Å²) >= 11 is 7.81. The van der Waals surface area contributed by atoms with Crippen molar-refractivity contribution >= 4 is 28.6 Å². The van der Waals surface area contributed by atoms with Gasteiger partial charge in [0.1, 0.15) is 0 Å². The zero-order valence-corrected chi connectivity index (χ0v) is 12.0. The maximum absolute atomic E-state index is 6.02. The molecular weight excluding hydrogens is 264 g/mol. The van der Waals surface area contributed by atoms with Gasteiger partial charge in [0.2, 0.25) is 0 Å². The molecule has 0 aliphatic carbocycles. The highest BCUT2D eigenvalue weighted by molar-refractivity contribution is 7.09. The van der Waals surface area contributed by atoms with Crippen molar-refractivity contribution in [1.29, 1.82) is 0 Å². The lowest BCUT2D eigenvalue weighted by molar-refractivity contribution is 0.274. The molecule has 18 heavy (non-hydrogen) atoms. The number of halogens is 1. The Morgan fingerprint density at radius 1 is 1.28 bits per heavy atom. The van der Waals surface area contributed by atoms with E-state index in [-0.39, 0.29) is 0 Å². The molecule has 0 aliphatic heterocycles. The number of benzene rings is 1. The summed E-state index contributed by atoms with van der Waals surface area (Å²) in [5.41, 5.74) is 7.70. The topological polar surface area (TPSA) is 29.3 Å². The first-order chi connectivity index (χ1) is 8.67. The van der Waals surface area contributed by atoms with Crippen LogP contribution in [0.1, 0.15) is 17.4 Å². The second-order valence-electron chi connectivity index (χ2n) is 4.28. The van der Waals surface area contributed by atoms with Crippen LogP contribution in [-0.4, -0.2) is 11.4 Å². The molecule has 0 saturated heterocycles. The van der Waals surface area contributed by atoms with Crippen molar-refractivity contribution in [2.75, 3.05) is 12.3 Å². The zero-order valence-electron chi connectivity index (χ0n) is 10.4. The summed E-state index contributed by atoms with van der Waals surface area (Å²) in [5.74, 6) is 0. The van der Waals surface area contributed by atoms with Gasteiger partial charge < -0.3 is 5.73 Å². The Morgan fingerprint density at radius 2 is 2.11 bits per heavy atom. The number of rotatable bonds is 5. The molecule has 2 N–H and O–H groups in total. The van der Waals surface area contributed by atoms with Crippen LogP contribution in [0.5, 0.6) is 0 Å². The highest BCUT2D eigenvalue weighted by Gasteiger charge is 2.06. The van der Waals surface area contributed by atoms with Crippen LogP contribution in [0.2, 0.25) is 5.02 Å². The Morgan fingerprint density at radius 3 is 2.72 bits per heavy atom. The fourth-order valence-electron chi connectivity index (χ4n) is 1.93. The summed E-state index contributed by atoms with van der Waals surface area (Å²) in [6.45, 7) is 5.02. The molecule has 4 heteroatoms. The van der Waals surface area contributed by atoms with Gasteiger partial charge in [0.05, 0.1) is 0 Å². The van der Waals surface area contributed by atoms with Crippen LogP contribution in [0.4, 0.5) is 5.69 Å². The molecule has 96 valence electrons. The van der Waals surface area contributed by atoms with Gasteiger partial charge in [0.25, 0.3) is 0 Å². The van der Waals surface area contributed by atoms with Crippen LogP contribution in [0, 0.1) is 0 Å². The number of anilines is 1. The Hall–Kier alpha value is -1.03. The lowest BCUT2D eigenvalue weighted by Gasteiger charge is -2.20. The largest absolute Gasteiger partial charge is 0.399 e. The summed E-state index contributed by atoms with van der Waals surface area (Å²) in [6, 6.07) is 10.0. The van der Waals surface area contributed by atoms with Crippen molar-refractivity contribution in [2.24, 2.45) is 0 Å². The highest BCUT2D eigenvalue weighted by atomic mass is 35.5.